The van der Waals surface area contributed by atoms with E-state index in [-0.39, 0.29) is 24.0 Å². The molecule has 1 fully saturated rings. The lowest BCUT2D eigenvalue weighted by molar-refractivity contribution is 0.115. The molecule has 0 radical (unpaired) electrons. The number of guanidine groups is 1. The Morgan fingerprint density at radius 1 is 1.14 bits per heavy atom. The van der Waals surface area contributed by atoms with Crippen molar-refractivity contribution in [2.75, 3.05) is 54.7 Å². The lowest BCUT2D eigenvalue weighted by Crippen LogP contribution is -2.40. The lowest BCUT2D eigenvalue weighted by Gasteiger charge is -2.22. The largest absolute Gasteiger partial charge is 0.493 e. The van der Waals surface area contributed by atoms with Gasteiger partial charge in [-0.05, 0) is 37.8 Å². The molecule has 0 unspecified atom stereocenters. The third-order valence-electron chi connectivity index (χ3n) is 4.50. The fraction of sp³-hybridized carbons (Fsp3) is 0.650. The van der Waals surface area contributed by atoms with Crippen molar-refractivity contribution in [3.05, 3.63) is 17.7 Å². The van der Waals surface area contributed by atoms with Crippen LogP contribution in [0.25, 0.3) is 0 Å². The number of hydrogen-bond acceptors (Lipinski definition) is 5. The van der Waals surface area contributed by atoms with Crippen LogP contribution >= 0.6 is 24.0 Å². The summed E-state index contributed by atoms with van der Waals surface area (Å²) in [6, 6.07) is 3.82. The smallest absolute Gasteiger partial charge is 0.203 e. The van der Waals surface area contributed by atoms with Gasteiger partial charge in [-0.1, -0.05) is 0 Å². The van der Waals surface area contributed by atoms with Crippen molar-refractivity contribution in [2.24, 2.45) is 10.9 Å². The van der Waals surface area contributed by atoms with Crippen LogP contribution in [-0.4, -0.2) is 65.5 Å². The van der Waals surface area contributed by atoms with Gasteiger partial charge in [0.1, 0.15) is 0 Å². The highest BCUT2D eigenvalue weighted by atomic mass is 127. The molecule has 1 saturated carbocycles. The Morgan fingerprint density at radius 3 is 2.43 bits per heavy atom. The molecule has 7 nitrogen and oxygen atoms in total. The number of aliphatic imine (C=N–C) groups is 1. The zero-order chi connectivity index (χ0) is 19.6. The van der Waals surface area contributed by atoms with Gasteiger partial charge in [0.2, 0.25) is 5.75 Å². The average molecular weight is 507 g/mol. The number of ether oxygens (including phenoxy) is 4. The van der Waals surface area contributed by atoms with E-state index >= 15 is 0 Å². The van der Waals surface area contributed by atoms with Crippen molar-refractivity contribution in [1.29, 1.82) is 0 Å². The second kappa shape index (κ2) is 12.9. The highest BCUT2D eigenvalue weighted by Crippen LogP contribution is 2.39. The summed E-state index contributed by atoms with van der Waals surface area (Å²) in [6.45, 7) is 5.71. The summed E-state index contributed by atoms with van der Waals surface area (Å²) >= 11 is 0. The third kappa shape index (κ3) is 7.20. The van der Waals surface area contributed by atoms with Crippen molar-refractivity contribution in [2.45, 2.75) is 26.3 Å². The van der Waals surface area contributed by atoms with E-state index in [0.717, 1.165) is 37.1 Å². The predicted octanol–water partition coefficient (Wildman–Crippen LogP) is 3.15. The van der Waals surface area contributed by atoms with E-state index in [4.69, 9.17) is 23.9 Å². The Bertz CT molecular complexity index is 624. The number of benzene rings is 1. The normalized spacial score (nSPS) is 13.5. The summed E-state index contributed by atoms with van der Waals surface area (Å²) in [7, 11) is 6.86. The minimum absolute atomic E-state index is 0. The van der Waals surface area contributed by atoms with E-state index in [1.807, 2.05) is 19.2 Å². The van der Waals surface area contributed by atoms with Crippen molar-refractivity contribution >= 4 is 29.9 Å². The van der Waals surface area contributed by atoms with Crippen LogP contribution in [0, 0.1) is 5.92 Å². The molecule has 0 spiro atoms. The standard InChI is InChI=1S/C20H33N3O4.HI/c1-6-21-20(23(2)11-12-27-14-15-7-8-15)22-13-16-9-10-17(24-3)19(26-5)18(16)25-4;/h9-10,15H,6-8,11-14H2,1-5H3,(H,21,22);1H. The third-order valence-corrected chi connectivity index (χ3v) is 4.50. The van der Waals surface area contributed by atoms with Crippen LogP contribution in [0.2, 0.25) is 0 Å². The highest BCUT2D eigenvalue weighted by molar-refractivity contribution is 14.0. The Morgan fingerprint density at radius 2 is 1.86 bits per heavy atom. The summed E-state index contributed by atoms with van der Waals surface area (Å²) in [5, 5.41) is 3.33. The van der Waals surface area contributed by atoms with Crippen molar-refractivity contribution in [1.82, 2.24) is 10.2 Å². The maximum Gasteiger partial charge on any atom is 0.203 e. The van der Waals surface area contributed by atoms with E-state index in [9.17, 15) is 0 Å². The van der Waals surface area contributed by atoms with Gasteiger partial charge in [0, 0.05) is 32.3 Å². The molecular formula is C20H34IN3O4. The van der Waals surface area contributed by atoms with Crippen LogP contribution in [0.4, 0.5) is 0 Å². The van der Waals surface area contributed by atoms with Gasteiger partial charge in [-0.2, -0.15) is 0 Å². The van der Waals surface area contributed by atoms with Gasteiger partial charge >= 0.3 is 0 Å². The molecule has 0 saturated heterocycles. The molecule has 28 heavy (non-hydrogen) atoms. The lowest BCUT2D eigenvalue weighted by atomic mass is 10.1. The molecular weight excluding hydrogens is 473 g/mol. The quantitative estimate of drug-likeness (QED) is 0.215. The molecule has 2 rings (SSSR count). The zero-order valence-electron chi connectivity index (χ0n) is 17.6. The SMILES string of the molecule is CCNC(=NCc1ccc(OC)c(OC)c1OC)N(C)CCOCC1CC1.I. The minimum atomic E-state index is 0. The fourth-order valence-corrected chi connectivity index (χ4v) is 2.76. The Balaban J connectivity index is 0.00000392. The number of halogens is 1. The first kappa shape index (κ1) is 24.6. The summed E-state index contributed by atoms with van der Waals surface area (Å²) in [5.74, 6) is 3.49. The van der Waals surface area contributed by atoms with Gasteiger partial charge in [0.15, 0.2) is 17.5 Å². The Labute approximate surface area is 185 Å². The number of nitrogens with zero attached hydrogens (tertiary/aromatic N) is 2. The number of likely N-dealkylation sites (N-methyl/N-ethyl adjacent to an activating group) is 1. The molecule has 0 amide bonds. The minimum Gasteiger partial charge on any atom is -0.493 e. The molecule has 0 aliphatic heterocycles. The van der Waals surface area contributed by atoms with Crippen molar-refractivity contribution < 1.29 is 18.9 Å². The summed E-state index contributed by atoms with van der Waals surface area (Å²) in [5.41, 5.74) is 0.934. The molecule has 1 aliphatic carbocycles. The molecule has 1 aromatic carbocycles. The van der Waals surface area contributed by atoms with E-state index in [2.05, 4.69) is 17.1 Å². The first-order valence-electron chi connectivity index (χ1n) is 9.49. The summed E-state index contributed by atoms with van der Waals surface area (Å²) < 4.78 is 22.1. The van der Waals surface area contributed by atoms with Crippen LogP contribution in [0.15, 0.2) is 17.1 Å². The van der Waals surface area contributed by atoms with E-state index in [1.54, 1.807) is 21.3 Å². The number of hydrogen-bond donors (Lipinski definition) is 1. The zero-order valence-corrected chi connectivity index (χ0v) is 19.9. The molecule has 160 valence electrons. The van der Waals surface area contributed by atoms with Crippen molar-refractivity contribution in [3.63, 3.8) is 0 Å². The van der Waals surface area contributed by atoms with Crippen LogP contribution in [0.5, 0.6) is 17.2 Å². The van der Waals surface area contributed by atoms with Crippen LogP contribution in [0.1, 0.15) is 25.3 Å². The number of nitrogens with one attached hydrogen (secondary N) is 1. The summed E-state index contributed by atoms with van der Waals surface area (Å²) in [6.07, 6.45) is 2.63. The average Bonchev–Trinajstić information content (AvgIpc) is 3.51. The van der Waals surface area contributed by atoms with Gasteiger partial charge in [-0.3, -0.25) is 0 Å². The summed E-state index contributed by atoms with van der Waals surface area (Å²) in [4.78, 5) is 6.84. The van der Waals surface area contributed by atoms with Crippen LogP contribution in [-0.2, 0) is 11.3 Å². The monoisotopic (exact) mass is 507 g/mol. The number of methoxy groups -OCH3 is 3. The maximum atomic E-state index is 5.74. The van der Waals surface area contributed by atoms with E-state index in [1.165, 1.54) is 12.8 Å². The second-order valence-electron chi connectivity index (χ2n) is 6.60. The molecule has 0 heterocycles. The molecule has 0 atom stereocenters. The molecule has 0 aromatic heterocycles. The van der Waals surface area contributed by atoms with E-state index in [0.29, 0.717) is 30.4 Å². The predicted molar refractivity (Wildman–Crippen MR) is 123 cm³/mol. The Kier molecular flexibility index (Phi) is 11.4. The number of rotatable bonds is 11. The molecule has 1 aromatic rings. The Hall–Kier alpha value is -1.42. The van der Waals surface area contributed by atoms with Gasteiger partial charge in [-0.15, -0.1) is 24.0 Å². The fourth-order valence-electron chi connectivity index (χ4n) is 2.76. The molecule has 8 heteroatoms. The molecule has 1 aliphatic rings. The van der Waals surface area contributed by atoms with E-state index < -0.39 is 0 Å². The van der Waals surface area contributed by atoms with Crippen molar-refractivity contribution in [3.8, 4) is 17.2 Å². The van der Waals surface area contributed by atoms with Gasteiger partial charge < -0.3 is 29.2 Å². The second-order valence-corrected chi connectivity index (χ2v) is 6.60. The van der Waals surface area contributed by atoms with Gasteiger partial charge in [-0.25, -0.2) is 4.99 Å². The first-order chi connectivity index (χ1) is 13.1. The van der Waals surface area contributed by atoms with Crippen LogP contribution < -0.4 is 19.5 Å². The molecule has 1 N–H and O–H groups in total. The van der Waals surface area contributed by atoms with Crippen LogP contribution in [0.3, 0.4) is 0 Å². The van der Waals surface area contributed by atoms with Gasteiger partial charge in [0.05, 0.1) is 34.5 Å². The molecule has 0 bridgehead atoms. The maximum absolute atomic E-state index is 5.74. The topological polar surface area (TPSA) is 64.6 Å². The first-order valence-corrected chi connectivity index (χ1v) is 9.49. The van der Waals surface area contributed by atoms with Gasteiger partial charge in [0.25, 0.3) is 0 Å². The highest BCUT2D eigenvalue weighted by Gasteiger charge is 2.21.